The molecule has 1 aliphatic carbocycles. The molecule has 1 heterocycles. The molecule has 2 atom stereocenters. The first kappa shape index (κ1) is 18.4. The zero-order chi connectivity index (χ0) is 18.5. The molecule has 1 aromatic heterocycles. The maximum atomic E-state index is 11.2. The lowest BCUT2D eigenvalue weighted by Crippen LogP contribution is -2.36. The van der Waals surface area contributed by atoms with E-state index >= 15 is 0 Å². The summed E-state index contributed by atoms with van der Waals surface area (Å²) in [5.74, 6) is 0.0525. The second kappa shape index (κ2) is 8.32. The Morgan fingerprint density at radius 1 is 1.35 bits per heavy atom. The Balaban J connectivity index is 1.90. The van der Waals surface area contributed by atoms with E-state index in [0.717, 1.165) is 36.3 Å². The van der Waals surface area contributed by atoms with Crippen molar-refractivity contribution in [2.45, 2.75) is 44.7 Å². The Morgan fingerprint density at radius 3 is 2.81 bits per heavy atom. The number of aliphatic carboxylic acids is 1. The number of aryl methyl sites for hydroxylation is 1. The zero-order valence-corrected chi connectivity index (χ0v) is 15.4. The van der Waals surface area contributed by atoms with Gasteiger partial charge in [0, 0.05) is 18.8 Å². The molecule has 5 heteroatoms. The van der Waals surface area contributed by atoms with E-state index in [4.69, 9.17) is 4.74 Å². The van der Waals surface area contributed by atoms with Gasteiger partial charge in [-0.1, -0.05) is 18.2 Å². The van der Waals surface area contributed by atoms with Crippen LogP contribution < -0.4 is 4.74 Å². The zero-order valence-electron chi connectivity index (χ0n) is 15.4. The standard InChI is InChI=1S/C21H26N2O3/c1-15(16-8-10-18(26-2)11-9-16)23(14-12-20(24)25)19-7-3-5-17-6-4-13-22-21(17)19/h4,6,8-11,13,15,19H,3,5,7,12,14H2,1-2H3,(H,24,25)/t15-,19-/m0/s1. The average Bonchev–Trinajstić information content (AvgIpc) is 2.68. The highest BCUT2D eigenvalue weighted by atomic mass is 16.5. The van der Waals surface area contributed by atoms with Crippen LogP contribution in [0.25, 0.3) is 0 Å². The lowest BCUT2D eigenvalue weighted by atomic mass is 9.89. The molecule has 1 N–H and O–H groups in total. The Bertz CT molecular complexity index is 745. The van der Waals surface area contributed by atoms with Crippen LogP contribution in [0, 0.1) is 0 Å². The molecular weight excluding hydrogens is 328 g/mol. The molecule has 1 aliphatic rings. The van der Waals surface area contributed by atoms with E-state index in [9.17, 15) is 9.90 Å². The van der Waals surface area contributed by atoms with Gasteiger partial charge in [-0.05, 0) is 55.5 Å². The number of fused-ring (bicyclic) bond motifs is 1. The van der Waals surface area contributed by atoms with Gasteiger partial charge in [0.15, 0.2) is 0 Å². The normalized spacial score (nSPS) is 17.6. The summed E-state index contributed by atoms with van der Waals surface area (Å²) in [4.78, 5) is 18.2. The number of hydrogen-bond donors (Lipinski definition) is 1. The number of carbonyl (C=O) groups is 1. The molecule has 3 rings (SSSR count). The van der Waals surface area contributed by atoms with Crippen LogP contribution in [0.5, 0.6) is 5.75 Å². The summed E-state index contributed by atoms with van der Waals surface area (Å²) in [6, 6.07) is 12.4. The number of carboxylic acids is 1. The van der Waals surface area contributed by atoms with Gasteiger partial charge >= 0.3 is 5.97 Å². The molecule has 1 aromatic carbocycles. The Labute approximate surface area is 154 Å². The van der Waals surface area contributed by atoms with Crippen molar-refractivity contribution in [3.8, 4) is 5.75 Å². The van der Waals surface area contributed by atoms with Gasteiger partial charge in [0.25, 0.3) is 0 Å². The number of nitrogens with zero attached hydrogens (tertiary/aromatic N) is 2. The highest BCUT2D eigenvalue weighted by Gasteiger charge is 2.31. The lowest BCUT2D eigenvalue weighted by Gasteiger charge is -2.39. The van der Waals surface area contributed by atoms with Crippen LogP contribution >= 0.6 is 0 Å². The van der Waals surface area contributed by atoms with E-state index in [1.165, 1.54) is 5.56 Å². The Morgan fingerprint density at radius 2 is 2.12 bits per heavy atom. The molecule has 26 heavy (non-hydrogen) atoms. The minimum absolute atomic E-state index is 0.0956. The summed E-state index contributed by atoms with van der Waals surface area (Å²) in [5, 5.41) is 9.22. The van der Waals surface area contributed by atoms with Crippen LogP contribution in [-0.4, -0.2) is 34.6 Å². The predicted molar refractivity (Wildman–Crippen MR) is 100 cm³/mol. The SMILES string of the molecule is COc1ccc([C@H](C)N(CCC(=O)O)[C@H]2CCCc3cccnc32)cc1. The molecule has 2 aromatic rings. The van der Waals surface area contributed by atoms with Crippen LogP contribution in [0.15, 0.2) is 42.6 Å². The number of ether oxygens (including phenoxy) is 1. The summed E-state index contributed by atoms with van der Waals surface area (Å²) >= 11 is 0. The van der Waals surface area contributed by atoms with Crippen molar-refractivity contribution in [1.29, 1.82) is 0 Å². The van der Waals surface area contributed by atoms with Gasteiger partial charge in [-0.2, -0.15) is 0 Å². The van der Waals surface area contributed by atoms with Crippen LogP contribution in [-0.2, 0) is 11.2 Å². The fraction of sp³-hybridized carbons (Fsp3) is 0.429. The number of hydrogen-bond acceptors (Lipinski definition) is 4. The van der Waals surface area contributed by atoms with E-state index in [1.54, 1.807) is 7.11 Å². The number of benzene rings is 1. The van der Waals surface area contributed by atoms with Crippen molar-refractivity contribution in [1.82, 2.24) is 9.88 Å². The van der Waals surface area contributed by atoms with Crippen molar-refractivity contribution in [3.05, 3.63) is 59.4 Å². The van der Waals surface area contributed by atoms with Crippen LogP contribution in [0.1, 0.15) is 55.1 Å². The third-order valence-corrected chi connectivity index (χ3v) is 5.25. The molecule has 0 unspecified atom stereocenters. The summed E-state index contributed by atoms with van der Waals surface area (Å²) in [6.45, 7) is 2.64. The first-order valence-corrected chi connectivity index (χ1v) is 9.15. The summed E-state index contributed by atoms with van der Waals surface area (Å²) in [5.41, 5.74) is 3.54. The van der Waals surface area contributed by atoms with Crippen LogP contribution in [0.3, 0.4) is 0 Å². The van der Waals surface area contributed by atoms with Gasteiger partial charge in [-0.3, -0.25) is 14.7 Å². The second-order valence-corrected chi connectivity index (χ2v) is 6.79. The van der Waals surface area contributed by atoms with Gasteiger partial charge in [-0.25, -0.2) is 0 Å². The third kappa shape index (κ3) is 4.05. The van der Waals surface area contributed by atoms with Crippen molar-refractivity contribution < 1.29 is 14.6 Å². The maximum absolute atomic E-state index is 11.2. The highest BCUT2D eigenvalue weighted by molar-refractivity contribution is 5.66. The van der Waals surface area contributed by atoms with Crippen molar-refractivity contribution >= 4 is 5.97 Å². The van der Waals surface area contributed by atoms with Crippen molar-refractivity contribution in [2.75, 3.05) is 13.7 Å². The van der Waals surface area contributed by atoms with Gasteiger partial charge in [-0.15, -0.1) is 0 Å². The van der Waals surface area contributed by atoms with Crippen molar-refractivity contribution in [3.63, 3.8) is 0 Å². The third-order valence-electron chi connectivity index (χ3n) is 5.25. The molecule has 0 saturated carbocycles. The molecule has 138 valence electrons. The number of aromatic nitrogens is 1. The van der Waals surface area contributed by atoms with Crippen molar-refractivity contribution in [2.24, 2.45) is 0 Å². The highest BCUT2D eigenvalue weighted by Crippen LogP contribution is 2.38. The molecule has 0 radical (unpaired) electrons. The number of pyridine rings is 1. The van der Waals surface area contributed by atoms with Crippen LogP contribution in [0.2, 0.25) is 0 Å². The fourth-order valence-electron chi connectivity index (χ4n) is 3.83. The second-order valence-electron chi connectivity index (χ2n) is 6.79. The average molecular weight is 354 g/mol. The number of carboxylic acid groups (broad SMARTS) is 1. The molecule has 0 saturated heterocycles. The number of rotatable bonds is 7. The minimum atomic E-state index is -0.769. The number of methoxy groups -OCH3 is 1. The first-order valence-electron chi connectivity index (χ1n) is 9.15. The van der Waals surface area contributed by atoms with Gasteiger partial charge in [0.05, 0.1) is 25.3 Å². The topological polar surface area (TPSA) is 62.7 Å². The summed E-state index contributed by atoms with van der Waals surface area (Å²) in [6.07, 6.45) is 5.11. The summed E-state index contributed by atoms with van der Waals surface area (Å²) in [7, 11) is 1.65. The largest absolute Gasteiger partial charge is 0.497 e. The van der Waals surface area contributed by atoms with E-state index in [-0.39, 0.29) is 18.5 Å². The molecule has 0 bridgehead atoms. The molecule has 0 spiro atoms. The van der Waals surface area contributed by atoms with E-state index in [0.29, 0.717) is 6.54 Å². The van der Waals surface area contributed by atoms with E-state index in [1.807, 2.05) is 24.4 Å². The quantitative estimate of drug-likeness (QED) is 0.814. The molecule has 0 fully saturated rings. The van der Waals surface area contributed by atoms with E-state index in [2.05, 4.69) is 35.0 Å². The van der Waals surface area contributed by atoms with Crippen LogP contribution in [0.4, 0.5) is 0 Å². The summed E-state index contributed by atoms with van der Waals surface area (Å²) < 4.78 is 5.25. The Hall–Kier alpha value is -2.40. The monoisotopic (exact) mass is 354 g/mol. The smallest absolute Gasteiger partial charge is 0.304 e. The first-order chi connectivity index (χ1) is 12.6. The molecular formula is C21H26N2O3. The molecule has 5 nitrogen and oxygen atoms in total. The van der Waals surface area contributed by atoms with Gasteiger partial charge in [0.1, 0.15) is 5.75 Å². The lowest BCUT2D eigenvalue weighted by molar-refractivity contribution is -0.137. The van der Waals surface area contributed by atoms with Gasteiger partial charge in [0.2, 0.25) is 0 Å². The minimum Gasteiger partial charge on any atom is -0.497 e. The van der Waals surface area contributed by atoms with Gasteiger partial charge < -0.3 is 9.84 Å². The predicted octanol–water partition coefficient (Wildman–Crippen LogP) is 4.01. The fourth-order valence-corrected chi connectivity index (χ4v) is 3.83. The molecule has 0 aliphatic heterocycles. The Kier molecular flexibility index (Phi) is 5.89. The van der Waals surface area contributed by atoms with E-state index < -0.39 is 5.97 Å². The molecule has 0 amide bonds. The maximum Gasteiger partial charge on any atom is 0.304 e.